The lowest BCUT2D eigenvalue weighted by atomic mass is 10.2. The minimum absolute atomic E-state index is 0.135. The van der Waals surface area contributed by atoms with E-state index >= 15 is 0 Å². The molecule has 0 unspecified atom stereocenters. The summed E-state index contributed by atoms with van der Waals surface area (Å²) < 4.78 is 12.9. The Balaban J connectivity index is 1.66. The first kappa shape index (κ1) is 17.6. The van der Waals surface area contributed by atoms with Gasteiger partial charge < -0.3 is 10.2 Å². The topological polar surface area (TPSA) is 45.2 Å². The van der Waals surface area contributed by atoms with E-state index in [1.54, 1.807) is 29.3 Å². The second-order valence-corrected chi connectivity index (χ2v) is 5.80. The maximum absolute atomic E-state index is 12.9. The minimum atomic E-state index is -0.253. The van der Waals surface area contributed by atoms with Gasteiger partial charge in [-0.05, 0) is 48.9 Å². The van der Waals surface area contributed by atoms with Crippen LogP contribution in [0.25, 0.3) is 0 Å². The lowest BCUT2D eigenvalue weighted by molar-refractivity contribution is 0.0983. The van der Waals surface area contributed by atoms with E-state index < -0.39 is 0 Å². The smallest absolute Gasteiger partial charge is 0.276 e. The van der Waals surface area contributed by atoms with E-state index in [0.717, 1.165) is 16.9 Å². The first-order chi connectivity index (χ1) is 12.7. The van der Waals surface area contributed by atoms with Gasteiger partial charge in [-0.1, -0.05) is 30.3 Å². The van der Waals surface area contributed by atoms with Gasteiger partial charge in [-0.25, -0.2) is 9.37 Å². The predicted molar refractivity (Wildman–Crippen MR) is 102 cm³/mol. The third-order valence-electron chi connectivity index (χ3n) is 4.02. The van der Waals surface area contributed by atoms with Gasteiger partial charge >= 0.3 is 0 Å². The van der Waals surface area contributed by atoms with Crippen LogP contribution in [-0.2, 0) is 6.54 Å². The highest BCUT2D eigenvalue weighted by Gasteiger charge is 2.16. The summed E-state index contributed by atoms with van der Waals surface area (Å²) in [4.78, 5) is 18.7. The highest BCUT2D eigenvalue weighted by molar-refractivity contribution is 6.04. The fourth-order valence-electron chi connectivity index (χ4n) is 2.62. The Labute approximate surface area is 152 Å². The number of hydrogen-bond acceptors (Lipinski definition) is 3. The van der Waals surface area contributed by atoms with Crippen molar-refractivity contribution in [3.8, 4) is 0 Å². The van der Waals surface area contributed by atoms with Gasteiger partial charge in [0.1, 0.15) is 11.5 Å². The average molecular weight is 349 g/mol. The van der Waals surface area contributed by atoms with Crippen molar-refractivity contribution in [2.75, 3.05) is 16.8 Å². The van der Waals surface area contributed by atoms with Crippen LogP contribution in [-0.4, -0.2) is 17.4 Å². The summed E-state index contributed by atoms with van der Waals surface area (Å²) >= 11 is 0. The molecule has 0 saturated heterocycles. The van der Waals surface area contributed by atoms with Gasteiger partial charge in [-0.2, -0.15) is 0 Å². The van der Waals surface area contributed by atoms with Crippen LogP contribution in [0.3, 0.4) is 0 Å². The predicted octanol–water partition coefficient (Wildman–Crippen LogP) is 4.50. The molecule has 0 aliphatic rings. The molecule has 5 heteroatoms. The molecular weight excluding hydrogens is 329 g/mol. The van der Waals surface area contributed by atoms with Crippen LogP contribution in [0, 0.1) is 5.82 Å². The van der Waals surface area contributed by atoms with E-state index in [9.17, 15) is 9.18 Å². The minimum Gasteiger partial charge on any atom is -0.380 e. The van der Waals surface area contributed by atoms with Crippen LogP contribution in [0.5, 0.6) is 0 Å². The molecule has 1 aromatic heterocycles. The van der Waals surface area contributed by atoms with Crippen molar-refractivity contribution in [3.05, 3.63) is 90.0 Å². The number of anilines is 2. The standard InChI is InChI=1S/C21H20FN3O/c1-2-25(19-6-4-3-5-7-19)21(26)20-13-12-18(15-24-20)23-14-16-8-10-17(22)11-9-16/h3-13,15,23H,2,14H2,1H3. The maximum atomic E-state index is 12.9. The lowest BCUT2D eigenvalue weighted by Gasteiger charge is -2.20. The fourth-order valence-corrected chi connectivity index (χ4v) is 2.62. The van der Waals surface area contributed by atoms with Crippen LogP contribution in [0.2, 0.25) is 0 Å². The number of rotatable bonds is 6. The molecule has 0 spiro atoms. The van der Waals surface area contributed by atoms with Crippen molar-refractivity contribution < 1.29 is 9.18 Å². The first-order valence-electron chi connectivity index (χ1n) is 8.48. The molecule has 0 aliphatic heterocycles. The highest BCUT2D eigenvalue weighted by atomic mass is 19.1. The van der Waals surface area contributed by atoms with Crippen LogP contribution < -0.4 is 10.2 Å². The maximum Gasteiger partial charge on any atom is 0.276 e. The molecule has 0 bridgehead atoms. The second-order valence-electron chi connectivity index (χ2n) is 5.80. The molecule has 3 aromatic rings. The molecule has 0 aliphatic carbocycles. The zero-order chi connectivity index (χ0) is 18.4. The summed E-state index contributed by atoms with van der Waals surface area (Å²) in [6.45, 7) is 3.05. The van der Waals surface area contributed by atoms with Crippen LogP contribution in [0.15, 0.2) is 72.9 Å². The number of aromatic nitrogens is 1. The number of nitrogens with one attached hydrogen (secondary N) is 1. The van der Waals surface area contributed by atoms with Gasteiger partial charge in [0.05, 0.1) is 11.9 Å². The Morgan fingerprint density at radius 2 is 1.77 bits per heavy atom. The van der Waals surface area contributed by atoms with Crippen molar-refractivity contribution in [1.82, 2.24) is 4.98 Å². The number of carbonyl (C=O) groups excluding carboxylic acids is 1. The van der Waals surface area contributed by atoms with Gasteiger partial charge in [0, 0.05) is 18.8 Å². The molecular formula is C21H20FN3O. The van der Waals surface area contributed by atoms with Crippen molar-refractivity contribution in [2.24, 2.45) is 0 Å². The zero-order valence-corrected chi connectivity index (χ0v) is 14.5. The molecule has 2 aromatic carbocycles. The molecule has 1 N–H and O–H groups in total. The van der Waals surface area contributed by atoms with Gasteiger partial charge in [0.15, 0.2) is 0 Å². The number of amides is 1. The number of halogens is 1. The third kappa shape index (κ3) is 4.25. The molecule has 0 fully saturated rings. The molecule has 1 heterocycles. The van der Waals surface area contributed by atoms with Crippen molar-refractivity contribution >= 4 is 17.3 Å². The van der Waals surface area contributed by atoms with Crippen molar-refractivity contribution in [1.29, 1.82) is 0 Å². The monoisotopic (exact) mass is 349 g/mol. The van der Waals surface area contributed by atoms with E-state index in [4.69, 9.17) is 0 Å². The van der Waals surface area contributed by atoms with Gasteiger partial charge in [-0.3, -0.25) is 4.79 Å². The number of carbonyl (C=O) groups is 1. The van der Waals surface area contributed by atoms with E-state index in [-0.39, 0.29) is 11.7 Å². The number of benzene rings is 2. The van der Waals surface area contributed by atoms with E-state index in [1.165, 1.54) is 12.1 Å². The van der Waals surface area contributed by atoms with E-state index in [0.29, 0.717) is 18.8 Å². The second kappa shape index (κ2) is 8.25. The van der Waals surface area contributed by atoms with Gasteiger partial charge in [0.2, 0.25) is 0 Å². The lowest BCUT2D eigenvalue weighted by Crippen LogP contribution is -2.31. The summed E-state index contributed by atoms with van der Waals surface area (Å²) in [5.74, 6) is -0.388. The molecule has 1 amide bonds. The SMILES string of the molecule is CCN(C(=O)c1ccc(NCc2ccc(F)cc2)cn1)c1ccccc1. The largest absolute Gasteiger partial charge is 0.380 e. The van der Waals surface area contributed by atoms with Gasteiger partial charge in [-0.15, -0.1) is 0 Å². The average Bonchev–Trinajstić information content (AvgIpc) is 2.69. The molecule has 3 rings (SSSR count). The number of para-hydroxylation sites is 1. The summed E-state index contributed by atoms with van der Waals surface area (Å²) in [6, 6.07) is 19.4. The normalized spacial score (nSPS) is 10.4. The highest BCUT2D eigenvalue weighted by Crippen LogP contribution is 2.17. The van der Waals surface area contributed by atoms with Crippen LogP contribution >= 0.6 is 0 Å². The summed E-state index contributed by atoms with van der Waals surface area (Å²) in [5, 5.41) is 3.21. The molecule has 132 valence electrons. The molecule has 26 heavy (non-hydrogen) atoms. The first-order valence-corrected chi connectivity index (χ1v) is 8.48. The van der Waals surface area contributed by atoms with Crippen LogP contribution in [0.1, 0.15) is 23.0 Å². The Morgan fingerprint density at radius 3 is 2.38 bits per heavy atom. The Morgan fingerprint density at radius 1 is 1.04 bits per heavy atom. The molecule has 0 radical (unpaired) electrons. The number of hydrogen-bond donors (Lipinski definition) is 1. The summed E-state index contributed by atoms with van der Waals surface area (Å²) in [6.07, 6.45) is 1.63. The molecule has 0 atom stereocenters. The van der Waals surface area contributed by atoms with Crippen LogP contribution in [0.4, 0.5) is 15.8 Å². The Kier molecular flexibility index (Phi) is 5.59. The summed E-state index contributed by atoms with van der Waals surface area (Å²) in [5.41, 5.74) is 3.00. The third-order valence-corrected chi connectivity index (χ3v) is 4.02. The molecule has 4 nitrogen and oxygen atoms in total. The number of pyridine rings is 1. The quantitative estimate of drug-likeness (QED) is 0.713. The van der Waals surface area contributed by atoms with E-state index in [1.807, 2.05) is 43.3 Å². The zero-order valence-electron chi connectivity index (χ0n) is 14.5. The van der Waals surface area contributed by atoms with Crippen molar-refractivity contribution in [2.45, 2.75) is 13.5 Å². The summed E-state index contributed by atoms with van der Waals surface area (Å²) in [7, 11) is 0. The fraction of sp³-hybridized carbons (Fsp3) is 0.143. The van der Waals surface area contributed by atoms with Gasteiger partial charge in [0.25, 0.3) is 5.91 Å². The Bertz CT molecular complexity index is 849. The van der Waals surface area contributed by atoms with Crippen molar-refractivity contribution in [3.63, 3.8) is 0 Å². The number of nitrogens with zero attached hydrogens (tertiary/aromatic N) is 2. The molecule has 0 saturated carbocycles. The van der Waals surface area contributed by atoms with E-state index in [2.05, 4.69) is 10.3 Å². The Hall–Kier alpha value is -3.21.